The lowest BCUT2D eigenvalue weighted by molar-refractivity contribution is 0.209. The fourth-order valence-corrected chi connectivity index (χ4v) is 3.17. The van der Waals surface area contributed by atoms with Crippen LogP contribution in [-0.2, 0) is 0 Å². The zero-order valence-corrected chi connectivity index (χ0v) is 13.0. The first-order valence-electron chi connectivity index (χ1n) is 6.74. The van der Waals surface area contributed by atoms with Crippen LogP contribution < -0.4 is 5.73 Å². The highest BCUT2D eigenvalue weighted by Gasteiger charge is 2.33. The Morgan fingerprint density at radius 2 is 1.67 bits per heavy atom. The maximum absolute atomic E-state index is 6.22. The quantitative estimate of drug-likeness (QED) is 0.927. The summed E-state index contributed by atoms with van der Waals surface area (Å²) in [7, 11) is 0. The van der Waals surface area contributed by atoms with Crippen LogP contribution in [0.5, 0.6) is 0 Å². The topological polar surface area (TPSA) is 29.3 Å². The molecule has 1 fully saturated rings. The summed E-state index contributed by atoms with van der Waals surface area (Å²) in [4.78, 5) is 2.54. The Balaban J connectivity index is 2.21. The van der Waals surface area contributed by atoms with Gasteiger partial charge in [0.05, 0.1) is 0 Å². The van der Waals surface area contributed by atoms with E-state index in [0.717, 1.165) is 29.4 Å². The summed E-state index contributed by atoms with van der Waals surface area (Å²) in [5.41, 5.74) is 7.55. The van der Waals surface area contributed by atoms with Crippen molar-refractivity contribution < 1.29 is 0 Å². The van der Waals surface area contributed by atoms with Gasteiger partial charge in [-0.25, -0.2) is 0 Å². The van der Waals surface area contributed by atoms with E-state index in [0.29, 0.717) is 6.04 Å². The Hall–Kier alpha value is -0.380. The van der Waals surface area contributed by atoms with Crippen LogP contribution in [0.3, 0.4) is 0 Å². The van der Waals surface area contributed by atoms with Crippen molar-refractivity contribution in [1.82, 2.24) is 4.90 Å². The second-order valence-electron chi connectivity index (χ2n) is 5.76. The Kier molecular flexibility index (Phi) is 4.46. The van der Waals surface area contributed by atoms with Crippen LogP contribution in [0.15, 0.2) is 28.7 Å². The van der Waals surface area contributed by atoms with Gasteiger partial charge in [0.1, 0.15) is 0 Å². The Morgan fingerprint density at radius 3 is 2.11 bits per heavy atom. The molecule has 4 atom stereocenters. The highest BCUT2D eigenvalue weighted by atomic mass is 79.9. The molecule has 0 spiro atoms. The molecule has 0 amide bonds. The molecule has 2 N–H and O–H groups in total. The lowest BCUT2D eigenvalue weighted by Crippen LogP contribution is -2.38. The summed E-state index contributed by atoms with van der Waals surface area (Å²) in [5.74, 6) is 1.53. The third-order valence-electron chi connectivity index (χ3n) is 4.12. The van der Waals surface area contributed by atoms with Gasteiger partial charge < -0.3 is 5.73 Å². The molecule has 1 aliphatic heterocycles. The molecule has 3 heteroatoms. The average Bonchev–Trinajstić information content (AvgIpc) is 2.61. The number of benzene rings is 1. The van der Waals surface area contributed by atoms with Crippen molar-refractivity contribution in [2.75, 3.05) is 13.1 Å². The maximum atomic E-state index is 6.22. The van der Waals surface area contributed by atoms with Crippen molar-refractivity contribution in [3.05, 3.63) is 34.3 Å². The first-order chi connectivity index (χ1) is 8.49. The van der Waals surface area contributed by atoms with Gasteiger partial charge in [-0.1, -0.05) is 41.9 Å². The van der Waals surface area contributed by atoms with Crippen molar-refractivity contribution >= 4 is 15.9 Å². The summed E-state index contributed by atoms with van der Waals surface area (Å²) in [5, 5.41) is 0. The minimum atomic E-state index is 0.156. The van der Waals surface area contributed by atoms with Gasteiger partial charge in [-0.2, -0.15) is 0 Å². The van der Waals surface area contributed by atoms with Crippen molar-refractivity contribution in [3.63, 3.8) is 0 Å². The van der Waals surface area contributed by atoms with Gasteiger partial charge in [0.25, 0.3) is 0 Å². The van der Waals surface area contributed by atoms with E-state index in [1.807, 2.05) is 0 Å². The van der Waals surface area contributed by atoms with E-state index in [9.17, 15) is 0 Å². The van der Waals surface area contributed by atoms with E-state index in [1.165, 1.54) is 5.56 Å². The SMILES string of the molecule is CC(N)C(c1ccc(Br)cc1)N1CC(C)C(C)C1. The van der Waals surface area contributed by atoms with E-state index in [4.69, 9.17) is 5.73 Å². The van der Waals surface area contributed by atoms with Crippen LogP contribution in [0.25, 0.3) is 0 Å². The molecule has 2 rings (SSSR count). The highest BCUT2D eigenvalue weighted by Crippen LogP contribution is 2.32. The molecular weight excluding hydrogens is 288 g/mol. The van der Waals surface area contributed by atoms with Crippen molar-refractivity contribution in [2.24, 2.45) is 17.6 Å². The molecule has 0 aromatic heterocycles. The Labute approximate surface area is 119 Å². The smallest absolute Gasteiger partial charge is 0.0496 e. The van der Waals surface area contributed by atoms with E-state index in [1.54, 1.807) is 0 Å². The van der Waals surface area contributed by atoms with Crippen LogP contribution in [0.4, 0.5) is 0 Å². The monoisotopic (exact) mass is 310 g/mol. The third kappa shape index (κ3) is 2.95. The van der Waals surface area contributed by atoms with Gasteiger partial charge >= 0.3 is 0 Å². The molecule has 1 aromatic carbocycles. The van der Waals surface area contributed by atoms with E-state index in [-0.39, 0.29) is 6.04 Å². The molecule has 1 heterocycles. The van der Waals surface area contributed by atoms with Gasteiger partial charge in [0, 0.05) is 29.6 Å². The predicted molar refractivity (Wildman–Crippen MR) is 80.4 cm³/mol. The molecule has 100 valence electrons. The molecule has 0 radical (unpaired) electrons. The summed E-state index contributed by atoms with van der Waals surface area (Å²) >= 11 is 3.49. The zero-order chi connectivity index (χ0) is 13.3. The summed E-state index contributed by atoms with van der Waals surface area (Å²) in [6, 6.07) is 9.08. The molecule has 2 nitrogen and oxygen atoms in total. The predicted octanol–water partition coefficient (Wildman–Crippen LogP) is 3.43. The second kappa shape index (κ2) is 5.72. The number of halogens is 1. The standard InChI is InChI=1S/C15H23BrN2/c1-10-8-18(9-11(10)2)15(12(3)17)13-4-6-14(16)7-5-13/h4-7,10-12,15H,8-9,17H2,1-3H3. The van der Waals surface area contributed by atoms with Gasteiger partial charge in [-0.3, -0.25) is 4.90 Å². The molecule has 0 bridgehead atoms. The number of hydrogen-bond acceptors (Lipinski definition) is 2. The van der Waals surface area contributed by atoms with Crippen LogP contribution in [-0.4, -0.2) is 24.0 Å². The molecular formula is C15H23BrN2. The van der Waals surface area contributed by atoms with Crippen molar-refractivity contribution in [2.45, 2.75) is 32.9 Å². The Bertz CT molecular complexity index is 378. The molecule has 4 unspecified atom stereocenters. The van der Waals surface area contributed by atoms with Gasteiger partial charge in [-0.05, 0) is 36.5 Å². The Morgan fingerprint density at radius 1 is 1.17 bits per heavy atom. The normalized spacial score (nSPS) is 28.3. The molecule has 1 aromatic rings. The molecule has 1 saturated heterocycles. The molecule has 0 aliphatic carbocycles. The minimum absolute atomic E-state index is 0.156. The number of nitrogens with zero attached hydrogens (tertiary/aromatic N) is 1. The fourth-order valence-electron chi connectivity index (χ4n) is 2.91. The maximum Gasteiger partial charge on any atom is 0.0496 e. The number of likely N-dealkylation sites (tertiary alicyclic amines) is 1. The van der Waals surface area contributed by atoms with E-state index in [2.05, 4.69) is 65.9 Å². The van der Waals surface area contributed by atoms with Crippen LogP contribution >= 0.6 is 15.9 Å². The van der Waals surface area contributed by atoms with Crippen LogP contribution in [0.1, 0.15) is 32.4 Å². The first-order valence-corrected chi connectivity index (χ1v) is 7.53. The largest absolute Gasteiger partial charge is 0.326 e. The van der Waals surface area contributed by atoms with Gasteiger partial charge in [0.2, 0.25) is 0 Å². The third-order valence-corrected chi connectivity index (χ3v) is 4.65. The number of nitrogens with two attached hydrogens (primary N) is 1. The summed E-state index contributed by atoms with van der Waals surface area (Å²) in [6.07, 6.45) is 0. The zero-order valence-electron chi connectivity index (χ0n) is 11.4. The summed E-state index contributed by atoms with van der Waals surface area (Å²) < 4.78 is 1.12. The van der Waals surface area contributed by atoms with Gasteiger partial charge in [0.15, 0.2) is 0 Å². The first kappa shape index (κ1) is 14.0. The molecule has 0 saturated carbocycles. The summed E-state index contributed by atoms with van der Waals surface area (Å²) in [6.45, 7) is 9.10. The molecule has 1 aliphatic rings. The lowest BCUT2D eigenvalue weighted by atomic mass is 9.99. The van der Waals surface area contributed by atoms with Crippen LogP contribution in [0, 0.1) is 11.8 Å². The second-order valence-corrected chi connectivity index (χ2v) is 6.68. The van der Waals surface area contributed by atoms with Crippen molar-refractivity contribution in [3.8, 4) is 0 Å². The van der Waals surface area contributed by atoms with E-state index < -0.39 is 0 Å². The molecule has 18 heavy (non-hydrogen) atoms. The van der Waals surface area contributed by atoms with Crippen molar-refractivity contribution in [1.29, 1.82) is 0 Å². The average molecular weight is 311 g/mol. The minimum Gasteiger partial charge on any atom is -0.326 e. The van der Waals surface area contributed by atoms with E-state index >= 15 is 0 Å². The highest BCUT2D eigenvalue weighted by molar-refractivity contribution is 9.10. The van der Waals surface area contributed by atoms with Crippen LogP contribution in [0.2, 0.25) is 0 Å². The number of rotatable bonds is 3. The van der Waals surface area contributed by atoms with Gasteiger partial charge in [-0.15, -0.1) is 0 Å². The fraction of sp³-hybridized carbons (Fsp3) is 0.600. The lowest BCUT2D eigenvalue weighted by Gasteiger charge is -2.31. The number of hydrogen-bond donors (Lipinski definition) is 1.